The molecule has 110 valence electrons. The number of aromatic nitrogens is 1. The molecule has 1 heterocycles. The number of hydrogen-bond acceptors (Lipinski definition) is 5. The van der Waals surface area contributed by atoms with Crippen molar-refractivity contribution in [1.29, 1.82) is 0 Å². The first kappa shape index (κ1) is 15.1. The second kappa shape index (κ2) is 6.96. The van der Waals surface area contributed by atoms with Crippen LogP contribution in [-0.2, 0) is 14.3 Å². The molecule has 0 spiro atoms. The zero-order chi connectivity index (χ0) is 15.2. The molecule has 2 rings (SSSR count). The van der Waals surface area contributed by atoms with Crippen molar-refractivity contribution in [3.8, 4) is 11.3 Å². The van der Waals surface area contributed by atoms with Gasteiger partial charge in [0.05, 0.1) is 5.69 Å². The van der Waals surface area contributed by atoms with Gasteiger partial charge in [0.1, 0.15) is 6.61 Å². The van der Waals surface area contributed by atoms with Gasteiger partial charge in [0, 0.05) is 30.7 Å². The molecule has 0 aliphatic heterocycles. The molecule has 0 aliphatic rings. The van der Waals surface area contributed by atoms with Gasteiger partial charge in [-0.15, -0.1) is 11.3 Å². The summed E-state index contributed by atoms with van der Waals surface area (Å²) in [6.07, 6.45) is 0. The summed E-state index contributed by atoms with van der Waals surface area (Å²) in [5.74, 6) is -0.348. The number of amides is 2. The van der Waals surface area contributed by atoms with Crippen molar-refractivity contribution >= 4 is 34.0 Å². The summed E-state index contributed by atoms with van der Waals surface area (Å²) in [5.41, 5.74) is 2.41. The van der Waals surface area contributed by atoms with Gasteiger partial charge in [-0.2, -0.15) is 0 Å². The van der Waals surface area contributed by atoms with Crippen LogP contribution in [0.5, 0.6) is 0 Å². The summed E-state index contributed by atoms with van der Waals surface area (Å²) in [5, 5.41) is 7.74. The molecule has 0 radical (unpaired) electrons. The Kier molecular flexibility index (Phi) is 5.02. The molecule has 6 nitrogen and oxygen atoms in total. The number of hydrogen-bond donors (Lipinski definition) is 2. The molecule has 2 N–H and O–H groups in total. The minimum absolute atomic E-state index is 0.000324. The summed E-state index contributed by atoms with van der Waals surface area (Å²) in [6.45, 7) is 1.46. The lowest BCUT2D eigenvalue weighted by Gasteiger charge is -2.03. The zero-order valence-electron chi connectivity index (χ0n) is 11.7. The SMILES string of the molecule is COCC(=O)Nc1nc(-c2ccc(NC(C)=O)cc2)cs1. The monoisotopic (exact) mass is 305 g/mol. The minimum atomic E-state index is -0.237. The molecule has 0 bridgehead atoms. The molecule has 0 atom stereocenters. The fourth-order valence-electron chi connectivity index (χ4n) is 1.68. The maximum Gasteiger partial charge on any atom is 0.252 e. The van der Waals surface area contributed by atoms with E-state index in [-0.39, 0.29) is 18.4 Å². The minimum Gasteiger partial charge on any atom is -0.375 e. The van der Waals surface area contributed by atoms with Crippen LogP contribution in [0.4, 0.5) is 10.8 Å². The van der Waals surface area contributed by atoms with Gasteiger partial charge in [0.15, 0.2) is 5.13 Å². The van der Waals surface area contributed by atoms with Crippen molar-refractivity contribution in [2.45, 2.75) is 6.92 Å². The Morgan fingerprint density at radius 2 is 1.95 bits per heavy atom. The molecule has 1 aromatic carbocycles. The Labute approximate surface area is 126 Å². The Morgan fingerprint density at radius 3 is 2.57 bits per heavy atom. The smallest absolute Gasteiger partial charge is 0.252 e. The number of benzene rings is 1. The number of rotatable bonds is 5. The topological polar surface area (TPSA) is 80.3 Å². The molecule has 0 saturated carbocycles. The van der Waals surface area contributed by atoms with Crippen LogP contribution in [0.15, 0.2) is 29.6 Å². The third-order valence-corrected chi connectivity index (χ3v) is 3.28. The first-order chi connectivity index (χ1) is 10.1. The Hall–Kier alpha value is -2.25. The third-order valence-electron chi connectivity index (χ3n) is 2.53. The average molecular weight is 305 g/mol. The third kappa shape index (κ3) is 4.37. The molecule has 0 saturated heterocycles. The van der Waals surface area contributed by atoms with Crippen molar-refractivity contribution in [2.24, 2.45) is 0 Å². The lowest BCUT2D eigenvalue weighted by molar-refractivity contribution is -0.119. The van der Waals surface area contributed by atoms with Gasteiger partial charge in [-0.05, 0) is 12.1 Å². The second-order valence-electron chi connectivity index (χ2n) is 4.28. The number of carbonyl (C=O) groups is 2. The van der Waals surface area contributed by atoms with E-state index < -0.39 is 0 Å². The highest BCUT2D eigenvalue weighted by molar-refractivity contribution is 7.14. The predicted octanol–water partition coefficient (Wildman–Crippen LogP) is 2.35. The Balaban J connectivity index is 2.07. The second-order valence-corrected chi connectivity index (χ2v) is 5.14. The molecule has 0 fully saturated rings. The number of nitrogens with one attached hydrogen (secondary N) is 2. The Morgan fingerprint density at radius 1 is 1.24 bits per heavy atom. The summed E-state index contributed by atoms with van der Waals surface area (Å²) in [7, 11) is 1.46. The van der Waals surface area contributed by atoms with Gasteiger partial charge in [-0.3, -0.25) is 14.9 Å². The number of methoxy groups -OCH3 is 1. The summed E-state index contributed by atoms with van der Waals surface area (Å²) in [4.78, 5) is 26.7. The van der Waals surface area contributed by atoms with E-state index in [1.54, 1.807) is 12.1 Å². The molecule has 1 aromatic heterocycles. The molecule has 2 aromatic rings. The quantitative estimate of drug-likeness (QED) is 0.888. The Bertz CT molecular complexity index is 637. The van der Waals surface area contributed by atoms with Crippen LogP contribution in [0.1, 0.15) is 6.92 Å². The number of anilines is 2. The molecule has 7 heteroatoms. The maximum absolute atomic E-state index is 11.4. The van der Waals surface area contributed by atoms with Crippen molar-refractivity contribution < 1.29 is 14.3 Å². The standard InChI is InChI=1S/C14H15N3O3S/c1-9(18)15-11-5-3-10(4-6-11)12-8-21-14(16-12)17-13(19)7-20-2/h3-6,8H,7H2,1-2H3,(H,15,18)(H,16,17,19). The normalized spacial score (nSPS) is 10.2. The van der Waals surface area contributed by atoms with E-state index in [1.807, 2.05) is 17.5 Å². The van der Waals surface area contributed by atoms with E-state index in [4.69, 9.17) is 4.74 Å². The number of thiazole rings is 1. The van der Waals surface area contributed by atoms with Crippen LogP contribution in [0.25, 0.3) is 11.3 Å². The first-order valence-electron chi connectivity index (χ1n) is 6.21. The summed E-state index contributed by atoms with van der Waals surface area (Å²) >= 11 is 1.35. The summed E-state index contributed by atoms with van der Waals surface area (Å²) in [6, 6.07) is 7.33. The highest BCUT2D eigenvalue weighted by Crippen LogP contribution is 2.25. The average Bonchev–Trinajstić information content (AvgIpc) is 2.87. The molecule has 2 amide bonds. The van der Waals surface area contributed by atoms with E-state index >= 15 is 0 Å². The van der Waals surface area contributed by atoms with E-state index in [2.05, 4.69) is 15.6 Å². The number of ether oxygens (including phenoxy) is 1. The molecule has 21 heavy (non-hydrogen) atoms. The fraction of sp³-hybridized carbons (Fsp3) is 0.214. The summed E-state index contributed by atoms with van der Waals surface area (Å²) < 4.78 is 4.74. The van der Waals surface area contributed by atoms with Crippen molar-refractivity contribution in [1.82, 2.24) is 4.98 Å². The lowest BCUT2D eigenvalue weighted by Crippen LogP contribution is -2.16. The van der Waals surface area contributed by atoms with Crippen LogP contribution < -0.4 is 10.6 Å². The van der Waals surface area contributed by atoms with Crippen LogP contribution in [-0.4, -0.2) is 30.5 Å². The van der Waals surface area contributed by atoms with E-state index in [9.17, 15) is 9.59 Å². The fourth-order valence-corrected chi connectivity index (χ4v) is 2.41. The first-order valence-corrected chi connectivity index (χ1v) is 7.09. The van der Waals surface area contributed by atoms with E-state index in [1.165, 1.54) is 25.4 Å². The lowest BCUT2D eigenvalue weighted by atomic mass is 10.1. The van der Waals surface area contributed by atoms with Gasteiger partial charge >= 0.3 is 0 Å². The molecule has 0 aliphatic carbocycles. The van der Waals surface area contributed by atoms with Crippen LogP contribution in [0.2, 0.25) is 0 Å². The van der Waals surface area contributed by atoms with Gasteiger partial charge < -0.3 is 10.1 Å². The van der Waals surface area contributed by atoms with Gasteiger partial charge in [0.2, 0.25) is 5.91 Å². The number of nitrogens with zero attached hydrogens (tertiary/aromatic N) is 1. The van der Waals surface area contributed by atoms with Crippen LogP contribution in [0, 0.1) is 0 Å². The van der Waals surface area contributed by atoms with Crippen molar-refractivity contribution in [2.75, 3.05) is 24.4 Å². The number of carbonyl (C=O) groups excluding carboxylic acids is 2. The van der Waals surface area contributed by atoms with Gasteiger partial charge in [0.25, 0.3) is 5.91 Å². The van der Waals surface area contributed by atoms with Crippen LogP contribution >= 0.6 is 11.3 Å². The van der Waals surface area contributed by atoms with Crippen molar-refractivity contribution in [3.05, 3.63) is 29.6 Å². The molecular weight excluding hydrogens is 290 g/mol. The highest BCUT2D eigenvalue weighted by Gasteiger charge is 2.08. The predicted molar refractivity (Wildman–Crippen MR) is 82.4 cm³/mol. The van der Waals surface area contributed by atoms with E-state index in [0.29, 0.717) is 5.13 Å². The van der Waals surface area contributed by atoms with Crippen LogP contribution in [0.3, 0.4) is 0 Å². The highest BCUT2D eigenvalue weighted by atomic mass is 32.1. The zero-order valence-corrected chi connectivity index (χ0v) is 12.5. The van der Waals surface area contributed by atoms with Gasteiger partial charge in [-0.25, -0.2) is 4.98 Å². The van der Waals surface area contributed by atoms with Crippen molar-refractivity contribution in [3.63, 3.8) is 0 Å². The maximum atomic E-state index is 11.4. The molecular formula is C14H15N3O3S. The van der Waals surface area contributed by atoms with Gasteiger partial charge in [-0.1, -0.05) is 12.1 Å². The molecule has 0 unspecified atom stereocenters. The largest absolute Gasteiger partial charge is 0.375 e. The van der Waals surface area contributed by atoms with E-state index in [0.717, 1.165) is 16.9 Å².